The minimum atomic E-state index is -3.54. The number of rotatable bonds is 15. The number of Topliss-reactive ketones (excluding diaryl/α,β-unsaturated/α-hetero) is 2. The molecule has 6 atom stereocenters. The van der Waals surface area contributed by atoms with Gasteiger partial charge in [-0.2, -0.15) is 0 Å². The van der Waals surface area contributed by atoms with Crippen LogP contribution in [0.3, 0.4) is 0 Å². The van der Waals surface area contributed by atoms with Crippen LogP contribution in [0.15, 0.2) is 12.7 Å². The zero-order valence-electron chi connectivity index (χ0n) is 34.2. The molecule has 54 heavy (non-hydrogen) atoms. The van der Waals surface area contributed by atoms with Gasteiger partial charge in [-0.3, -0.25) is 19.2 Å². The Kier molecular flexibility index (Phi) is 15.2. The highest BCUT2D eigenvalue weighted by molar-refractivity contribution is 7.92. The normalized spacial score (nSPS) is 25.0. The number of carbonyl (C=O) groups is 5. The average Bonchev–Trinajstić information content (AvgIpc) is 3.21. The Morgan fingerprint density at radius 2 is 1.59 bits per heavy atom. The molecule has 2 unspecified atom stereocenters. The largest absolute Gasteiger partial charge is 0.352 e. The van der Waals surface area contributed by atoms with E-state index in [1.165, 1.54) is 6.08 Å². The molecule has 3 aliphatic rings. The maximum absolute atomic E-state index is 14.7. The van der Waals surface area contributed by atoms with Crippen LogP contribution in [0.5, 0.6) is 0 Å². The number of ketones is 2. The predicted octanol–water partition coefficient (Wildman–Crippen LogP) is 5.81. The lowest BCUT2D eigenvalue weighted by atomic mass is 9.70. The van der Waals surface area contributed by atoms with E-state index < -0.39 is 67.2 Å². The molecule has 0 radical (unpaired) electrons. The highest BCUT2D eigenvalue weighted by atomic mass is 32.2. The summed E-state index contributed by atoms with van der Waals surface area (Å²) in [6.07, 6.45) is 14.0. The summed E-state index contributed by atoms with van der Waals surface area (Å²) in [5.74, 6) is 0.351. The Labute approximate surface area is 325 Å². The van der Waals surface area contributed by atoms with Gasteiger partial charge in [0.25, 0.3) is 0 Å². The van der Waals surface area contributed by atoms with Crippen molar-refractivity contribution < 1.29 is 32.4 Å². The summed E-state index contributed by atoms with van der Waals surface area (Å²) in [5.41, 5.74) is -1.71. The summed E-state index contributed by atoms with van der Waals surface area (Å²) in [6.45, 7) is 18.9. The van der Waals surface area contributed by atoms with Crippen molar-refractivity contribution in [1.29, 1.82) is 0 Å². The van der Waals surface area contributed by atoms with Gasteiger partial charge < -0.3 is 21.3 Å². The zero-order chi connectivity index (χ0) is 40.7. The molecule has 0 aromatic heterocycles. The van der Waals surface area contributed by atoms with E-state index in [1.54, 1.807) is 20.8 Å². The van der Waals surface area contributed by atoms with Crippen molar-refractivity contribution in [2.75, 3.05) is 12.3 Å². The Morgan fingerprint density at radius 3 is 2.17 bits per heavy atom. The Hall–Kier alpha value is -3.20. The van der Waals surface area contributed by atoms with Crippen LogP contribution in [0.1, 0.15) is 139 Å². The van der Waals surface area contributed by atoms with Gasteiger partial charge in [0.1, 0.15) is 0 Å². The molecule has 0 saturated heterocycles. The highest BCUT2D eigenvalue weighted by Gasteiger charge is 2.51. The first kappa shape index (κ1) is 45.2. The van der Waals surface area contributed by atoms with Crippen LogP contribution >= 0.6 is 0 Å². The number of hydrogen-bond donors (Lipinski definition) is 4. The lowest BCUT2D eigenvalue weighted by molar-refractivity contribution is -0.134. The topological polar surface area (TPSA) is 168 Å². The fourth-order valence-electron chi connectivity index (χ4n) is 8.91. The second-order valence-corrected chi connectivity index (χ2v) is 21.7. The van der Waals surface area contributed by atoms with Crippen LogP contribution in [0.25, 0.3) is 0 Å². The second kappa shape index (κ2) is 18.2. The third kappa shape index (κ3) is 11.7. The number of fused-ring (bicyclic) bond motifs is 1. The Balaban J connectivity index is 1.84. The summed E-state index contributed by atoms with van der Waals surface area (Å²) >= 11 is 0. The second-order valence-electron chi connectivity index (χ2n) is 19.0. The van der Waals surface area contributed by atoms with Crippen LogP contribution < -0.4 is 21.3 Å². The Bertz CT molecular complexity index is 1540. The van der Waals surface area contributed by atoms with Crippen molar-refractivity contribution in [3.05, 3.63) is 12.7 Å². The molecule has 4 amide bonds. The maximum atomic E-state index is 14.7. The standard InChI is InChI=1S/C42H68N4O7S/c1-11-13-17-32(33(47)26-34(48)43-24-12-2)44-37(50)30-19-18-28(25-31-29(30)20-23-41(31,9)10)35(49)36(39(3,4)5)45-38(51)46-42(21-15-14-16-22-42)27-54(52,53)40(6,7)8/h1,12,28-32,36H,2,13-27H2,3-10H3,(H,43,48)(H,44,50)(H2,45,46,51)/t28?,29-,30+,31+,32?,36-/m1/s1. The average molecular weight is 773 g/mol. The third-order valence-electron chi connectivity index (χ3n) is 12.3. The molecular formula is C42H68N4O7S. The first-order valence-electron chi connectivity index (χ1n) is 20.0. The van der Waals surface area contributed by atoms with Gasteiger partial charge in [-0.05, 0) is 94.8 Å². The molecule has 3 rings (SSSR count). The van der Waals surface area contributed by atoms with E-state index in [2.05, 4.69) is 47.6 Å². The number of carbonyl (C=O) groups excluding carboxylic acids is 5. The smallest absolute Gasteiger partial charge is 0.315 e. The van der Waals surface area contributed by atoms with Crippen molar-refractivity contribution in [2.45, 2.75) is 161 Å². The molecular weight excluding hydrogens is 705 g/mol. The van der Waals surface area contributed by atoms with E-state index in [1.807, 2.05) is 20.8 Å². The molecule has 0 bridgehead atoms. The molecule has 0 aromatic rings. The summed E-state index contributed by atoms with van der Waals surface area (Å²) in [6, 6.07) is -2.30. The van der Waals surface area contributed by atoms with Crippen molar-refractivity contribution >= 4 is 39.2 Å². The first-order valence-corrected chi connectivity index (χ1v) is 21.6. The molecule has 304 valence electrons. The maximum Gasteiger partial charge on any atom is 0.315 e. The van der Waals surface area contributed by atoms with Crippen molar-refractivity contribution in [2.24, 2.45) is 34.5 Å². The van der Waals surface area contributed by atoms with Gasteiger partial charge in [0.2, 0.25) is 11.8 Å². The summed E-state index contributed by atoms with van der Waals surface area (Å²) in [7, 11) is -3.54. The van der Waals surface area contributed by atoms with Gasteiger partial charge in [0.15, 0.2) is 21.4 Å². The van der Waals surface area contributed by atoms with Crippen molar-refractivity contribution in [1.82, 2.24) is 21.3 Å². The third-order valence-corrected chi connectivity index (χ3v) is 15.1. The molecule has 0 spiro atoms. The zero-order valence-corrected chi connectivity index (χ0v) is 35.0. The van der Waals surface area contributed by atoms with Gasteiger partial charge >= 0.3 is 6.03 Å². The van der Waals surface area contributed by atoms with E-state index in [0.29, 0.717) is 32.1 Å². The summed E-state index contributed by atoms with van der Waals surface area (Å²) < 4.78 is 25.8. The lowest BCUT2D eigenvalue weighted by Crippen LogP contribution is -2.61. The van der Waals surface area contributed by atoms with E-state index in [9.17, 15) is 32.4 Å². The van der Waals surface area contributed by atoms with E-state index >= 15 is 0 Å². The van der Waals surface area contributed by atoms with Gasteiger partial charge in [-0.15, -0.1) is 18.9 Å². The monoisotopic (exact) mass is 772 g/mol. The minimum Gasteiger partial charge on any atom is -0.352 e. The summed E-state index contributed by atoms with van der Waals surface area (Å²) in [4.78, 5) is 68.2. The molecule has 0 aromatic carbocycles. The minimum absolute atomic E-state index is 0.00246. The van der Waals surface area contributed by atoms with E-state index in [-0.39, 0.29) is 60.5 Å². The molecule has 3 fully saturated rings. The number of amides is 4. The molecule has 3 aliphatic carbocycles. The van der Waals surface area contributed by atoms with Gasteiger partial charge in [-0.1, -0.05) is 60.0 Å². The number of hydrogen-bond acceptors (Lipinski definition) is 7. The van der Waals surface area contributed by atoms with Crippen LogP contribution in [-0.4, -0.2) is 72.5 Å². The SMILES string of the molecule is C#CCCC(NC(=O)[C@H]1CCC(C(=O)[C@@H](NC(=O)NC2(CS(=O)(=O)C(C)(C)C)CCCCC2)C(C)(C)C)C[C@H]2[C@@H]1CCC2(C)C)C(=O)CC(=O)NCC=C. The van der Waals surface area contributed by atoms with Crippen molar-refractivity contribution in [3.63, 3.8) is 0 Å². The predicted molar refractivity (Wildman–Crippen MR) is 213 cm³/mol. The fourth-order valence-corrected chi connectivity index (χ4v) is 10.4. The van der Waals surface area contributed by atoms with E-state index in [4.69, 9.17) is 6.42 Å². The Morgan fingerprint density at radius 1 is 0.944 bits per heavy atom. The molecule has 12 heteroatoms. The van der Waals surface area contributed by atoms with Gasteiger partial charge in [0, 0.05) is 24.8 Å². The number of nitrogens with one attached hydrogen (secondary N) is 4. The van der Waals surface area contributed by atoms with Gasteiger partial charge in [0.05, 0.1) is 34.5 Å². The quantitative estimate of drug-likeness (QED) is 0.0926. The van der Waals surface area contributed by atoms with Gasteiger partial charge in [-0.25, -0.2) is 13.2 Å². The van der Waals surface area contributed by atoms with Crippen molar-refractivity contribution in [3.8, 4) is 12.3 Å². The summed E-state index contributed by atoms with van der Waals surface area (Å²) in [5, 5.41) is 11.6. The fraction of sp³-hybridized carbons (Fsp3) is 0.786. The van der Waals surface area contributed by atoms with Crippen LogP contribution in [-0.2, 0) is 29.0 Å². The molecule has 0 aliphatic heterocycles. The molecule has 11 nitrogen and oxygen atoms in total. The van der Waals surface area contributed by atoms with Crippen LogP contribution in [0.2, 0.25) is 0 Å². The molecule has 0 heterocycles. The number of sulfone groups is 1. The molecule has 3 saturated carbocycles. The van der Waals surface area contributed by atoms with Crippen LogP contribution in [0, 0.1) is 46.8 Å². The lowest BCUT2D eigenvalue weighted by Gasteiger charge is -2.41. The van der Waals surface area contributed by atoms with E-state index in [0.717, 1.165) is 32.1 Å². The highest BCUT2D eigenvalue weighted by Crippen LogP contribution is 2.55. The van der Waals surface area contributed by atoms with Crippen LogP contribution in [0.4, 0.5) is 4.79 Å². The first-order chi connectivity index (χ1) is 25.0. The number of terminal acetylenes is 1. The molecule has 4 N–H and O–H groups in total. The number of urea groups is 1.